The Hall–Kier alpha value is -2.45. The van der Waals surface area contributed by atoms with Gasteiger partial charge in [0.2, 0.25) is 5.88 Å². The van der Waals surface area contributed by atoms with E-state index in [0.29, 0.717) is 48.3 Å². The van der Waals surface area contributed by atoms with Crippen molar-refractivity contribution >= 4 is 6.29 Å². The zero-order valence-corrected chi connectivity index (χ0v) is 19.8. The Bertz CT molecular complexity index is 894. The first kappa shape index (κ1) is 23.7. The number of ether oxygens (including phenoxy) is 3. The average molecular weight is 457 g/mol. The Morgan fingerprint density at radius 2 is 2.00 bits per heavy atom. The summed E-state index contributed by atoms with van der Waals surface area (Å²) in [5, 5.41) is 0. The van der Waals surface area contributed by atoms with Gasteiger partial charge in [-0.15, -0.1) is 0 Å². The highest BCUT2D eigenvalue weighted by Gasteiger charge is 2.30. The van der Waals surface area contributed by atoms with Crippen molar-refractivity contribution in [1.29, 1.82) is 0 Å². The molecule has 1 aliphatic heterocycles. The van der Waals surface area contributed by atoms with Crippen LogP contribution in [0.3, 0.4) is 0 Å². The Morgan fingerprint density at radius 1 is 1.18 bits per heavy atom. The molecule has 2 aromatic heterocycles. The molecule has 0 aromatic carbocycles. The van der Waals surface area contributed by atoms with Gasteiger partial charge in [-0.2, -0.15) is 0 Å². The lowest BCUT2D eigenvalue weighted by Crippen LogP contribution is -2.38. The highest BCUT2D eigenvalue weighted by atomic mass is 16.5. The van der Waals surface area contributed by atoms with E-state index in [4.69, 9.17) is 14.2 Å². The molecule has 1 saturated carbocycles. The first-order valence-electron chi connectivity index (χ1n) is 12.2. The van der Waals surface area contributed by atoms with Gasteiger partial charge in [0, 0.05) is 55.5 Å². The molecule has 33 heavy (non-hydrogen) atoms. The van der Waals surface area contributed by atoms with Gasteiger partial charge in [0.25, 0.3) is 0 Å². The van der Waals surface area contributed by atoms with Gasteiger partial charge in [-0.05, 0) is 26.7 Å². The summed E-state index contributed by atoms with van der Waals surface area (Å²) in [4.78, 5) is 22.8. The molecular formula is C25H36N4O4. The van der Waals surface area contributed by atoms with Crippen LogP contribution in [-0.4, -0.2) is 71.8 Å². The third-order valence-electron chi connectivity index (χ3n) is 6.75. The topological polar surface area (TPSA) is 78.7 Å². The van der Waals surface area contributed by atoms with E-state index in [0.717, 1.165) is 52.0 Å². The molecule has 1 saturated heterocycles. The first-order valence-corrected chi connectivity index (χ1v) is 12.2. The number of aldehydes is 1. The van der Waals surface area contributed by atoms with Crippen LogP contribution >= 0.6 is 0 Å². The van der Waals surface area contributed by atoms with Crippen molar-refractivity contribution in [2.75, 3.05) is 46.1 Å². The second-order valence-electron chi connectivity index (χ2n) is 9.26. The second-order valence-corrected chi connectivity index (χ2v) is 9.26. The van der Waals surface area contributed by atoms with Gasteiger partial charge in [-0.3, -0.25) is 9.69 Å². The molecule has 4 rings (SSSR count). The SMILES string of the molecule is CC(C)n1cncc1C1CCCCC1COc1cnc(OCCN2CCOCC2)cc1C=O. The maximum atomic E-state index is 11.7. The Balaban J connectivity index is 1.35. The molecule has 0 radical (unpaired) electrons. The number of hydrogen-bond donors (Lipinski definition) is 0. The van der Waals surface area contributed by atoms with E-state index in [1.165, 1.54) is 18.5 Å². The van der Waals surface area contributed by atoms with Crippen LogP contribution in [0.15, 0.2) is 24.8 Å². The molecular weight excluding hydrogens is 420 g/mol. The lowest BCUT2D eigenvalue weighted by Gasteiger charge is -2.32. The van der Waals surface area contributed by atoms with Gasteiger partial charge < -0.3 is 18.8 Å². The van der Waals surface area contributed by atoms with Crippen LogP contribution in [0.2, 0.25) is 0 Å². The first-order chi connectivity index (χ1) is 16.2. The van der Waals surface area contributed by atoms with Crippen LogP contribution in [0, 0.1) is 5.92 Å². The lowest BCUT2D eigenvalue weighted by atomic mass is 9.78. The molecule has 8 nitrogen and oxygen atoms in total. The smallest absolute Gasteiger partial charge is 0.214 e. The number of hydrogen-bond acceptors (Lipinski definition) is 7. The summed E-state index contributed by atoms with van der Waals surface area (Å²) in [6.07, 6.45) is 11.0. The number of morpholine rings is 1. The summed E-state index contributed by atoms with van der Waals surface area (Å²) in [6, 6.07) is 2.06. The van der Waals surface area contributed by atoms with Crippen molar-refractivity contribution in [3.05, 3.63) is 36.0 Å². The van der Waals surface area contributed by atoms with Crippen LogP contribution in [0.25, 0.3) is 0 Å². The van der Waals surface area contributed by atoms with Gasteiger partial charge in [0.05, 0.1) is 37.9 Å². The van der Waals surface area contributed by atoms with Crippen molar-refractivity contribution in [2.45, 2.75) is 51.5 Å². The number of nitrogens with zero attached hydrogens (tertiary/aromatic N) is 4. The molecule has 2 fully saturated rings. The predicted molar refractivity (Wildman–Crippen MR) is 125 cm³/mol. The Kier molecular flexibility index (Phi) is 8.34. The third kappa shape index (κ3) is 6.12. The molecule has 8 heteroatoms. The molecule has 3 heterocycles. The molecule has 0 N–H and O–H groups in total. The number of imidazole rings is 1. The standard InChI is InChI=1S/C25H36N4O4/c1-19(2)29-18-26-14-23(29)22-6-4-3-5-20(22)17-33-24-15-27-25(13-21(24)16-30)32-12-9-28-7-10-31-11-8-28/h13-16,18-20,22H,3-12,17H2,1-2H3. The Morgan fingerprint density at radius 3 is 2.79 bits per heavy atom. The summed E-state index contributed by atoms with van der Waals surface area (Å²) < 4.78 is 19.6. The highest BCUT2D eigenvalue weighted by Crippen LogP contribution is 2.39. The van der Waals surface area contributed by atoms with Crippen LogP contribution in [0.5, 0.6) is 11.6 Å². The average Bonchev–Trinajstić information content (AvgIpc) is 3.34. The van der Waals surface area contributed by atoms with Crippen LogP contribution < -0.4 is 9.47 Å². The van der Waals surface area contributed by atoms with E-state index in [9.17, 15) is 4.79 Å². The number of aromatic nitrogens is 3. The number of carbonyl (C=O) groups is 1. The fourth-order valence-corrected chi connectivity index (χ4v) is 4.86. The maximum Gasteiger partial charge on any atom is 0.214 e. The van der Waals surface area contributed by atoms with Crippen molar-refractivity contribution in [1.82, 2.24) is 19.4 Å². The van der Waals surface area contributed by atoms with Crippen LogP contribution in [0.4, 0.5) is 0 Å². The molecule has 0 spiro atoms. The van der Waals surface area contributed by atoms with Gasteiger partial charge in [0.1, 0.15) is 12.4 Å². The summed E-state index contributed by atoms with van der Waals surface area (Å²) in [7, 11) is 0. The fraction of sp³-hybridized carbons (Fsp3) is 0.640. The molecule has 180 valence electrons. The summed E-state index contributed by atoms with van der Waals surface area (Å²) in [6.45, 7) is 9.65. The summed E-state index contributed by atoms with van der Waals surface area (Å²) in [5.74, 6) is 1.78. The van der Waals surface area contributed by atoms with Gasteiger partial charge in [-0.25, -0.2) is 9.97 Å². The largest absolute Gasteiger partial charge is 0.491 e. The molecule has 2 aliphatic rings. The van der Waals surface area contributed by atoms with Gasteiger partial charge in [0.15, 0.2) is 6.29 Å². The van der Waals surface area contributed by atoms with Crippen LogP contribution in [-0.2, 0) is 4.74 Å². The second kappa shape index (κ2) is 11.6. The molecule has 0 bridgehead atoms. The fourth-order valence-electron chi connectivity index (χ4n) is 4.86. The predicted octanol–water partition coefficient (Wildman–Crippen LogP) is 3.74. The minimum atomic E-state index is 0.382. The number of rotatable bonds is 10. The van der Waals surface area contributed by atoms with E-state index < -0.39 is 0 Å². The highest BCUT2D eigenvalue weighted by molar-refractivity contribution is 5.79. The van der Waals surface area contributed by atoms with E-state index in [-0.39, 0.29) is 0 Å². The van der Waals surface area contributed by atoms with Crippen molar-refractivity contribution < 1.29 is 19.0 Å². The van der Waals surface area contributed by atoms with Gasteiger partial charge >= 0.3 is 0 Å². The molecule has 0 amide bonds. The minimum absolute atomic E-state index is 0.382. The normalized spacial score (nSPS) is 21.8. The van der Waals surface area contributed by atoms with Crippen molar-refractivity contribution in [3.8, 4) is 11.6 Å². The molecule has 1 aliphatic carbocycles. The summed E-state index contributed by atoms with van der Waals surface area (Å²) in [5.41, 5.74) is 1.77. The minimum Gasteiger partial charge on any atom is -0.491 e. The zero-order valence-electron chi connectivity index (χ0n) is 19.8. The van der Waals surface area contributed by atoms with Crippen molar-refractivity contribution in [2.24, 2.45) is 5.92 Å². The van der Waals surface area contributed by atoms with E-state index >= 15 is 0 Å². The number of carbonyl (C=O) groups excluding carboxylic acids is 1. The monoisotopic (exact) mass is 456 g/mol. The van der Waals surface area contributed by atoms with Crippen LogP contribution in [0.1, 0.15) is 67.5 Å². The van der Waals surface area contributed by atoms with E-state index in [2.05, 4.69) is 33.3 Å². The third-order valence-corrected chi connectivity index (χ3v) is 6.75. The van der Waals surface area contributed by atoms with E-state index in [1.54, 1.807) is 12.3 Å². The van der Waals surface area contributed by atoms with E-state index in [1.807, 2.05) is 12.5 Å². The molecule has 2 atom stereocenters. The maximum absolute atomic E-state index is 11.7. The molecule has 2 unspecified atom stereocenters. The lowest BCUT2D eigenvalue weighted by molar-refractivity contribution is 0.0320. The summed E-state index contributed by atoms with van der Waals surface area (Å²) >= 11 is 0. The Labute approximate surface area is 196 Å². The zero-order chi connectivity index (χ0) is 23.0. The quantitative estimate of drug-likeness (QED) is 0.504. The van der Waals surface area contributed by atoms with Crippen molar-refractivity contribution in [3.63, 3.8) is 0 Å². The van der Waals surface area contributed by atoms with Gasteiger partial charge in [-0.1, -0.05) is 12.8 Å². The number of pyridine rings is 1. The molecule has 2 aromatic rings.